The van der Waals surface area contributed by atoms with Gasteiger partial charge >= 0.3 is 0 Å². The second-order valence-corrected chi connectivity index (χ2v) is 6.64. The maximum Gasteiger partial charge on any atom is 0.228 e. The Bertz CT molecular complexity index is 985. The van der Waals surface area contributed by atoms with E-state index in [1.165, 1.54) is 17.4 Å². The zero-order valence-electron chi connectivity index (χ0n) is 13.6. The number of allylic oxidation sites excluding steroid dienone is 1. The highest BCUT2D eigenvalue weighted by molar-refractivity contribution is 7.08. The number of carbonyl (C=O) groups is 2. The summed E-state index contributed by atoms with van der Waals surface area (Å²) in [6.45, 7) is 1.48. The molecular formula is C21H15NO2S. The zero-order valence-corrected chi connectivity index (χ0v) is 14.4. The number of fused-ring (bicyclic) bond motifs is 1. The molecule has 0 radical (unpaired) electrons. The number of amides is 1. The number of anilines is 1. The Morgan fingerprint density at radius 2 is 1.76 bits per heavy atom. The molecule has 0 saturated heterocycles. The van der Waals surface area contributed by atoms with E-state index in [1.54, 1.807) is 29.5 Å². The number of nitrogens with zero attached hydrogens (tertiary/aromatic N) is 1. The Morgan fingerprint density at radius 1 is 1.00 bits per heavy atom. The molecule has 2 heterocycles. The molecule has 1 amide bonds. The number of hydrogen-bond donors (Lipinski definition) is 0. The summed E-state index contributed by atoms with van der Waals surface area (Å²) in [5, 5.41) is 4.15. The van der Waals surface area contributed by atoms with Crippen molar-refractivity contribution in [1.29, 1.82) is 0 Å². The van der Waals surface area contributed by atoms with E-state index in [4.69, 9.17) is 0 Å². The van der Waals surface area contributed by atoms with Gasteiger partial charge in [-0.25, -0.2) is 0 Å². The van der Waals surface area contributed by atoms with Gasteiger partial charge in [0, 0.05) is 12.5 Å². The van der Waals surface area contributed by atoms with Gasteiger partial charge in [-0.1, -0.05) is 36.4 Å². The molecule has 0 atom stereocenters. The molecule has 1 aromatic heterocycles. The van der Waals surface area contributed by atoms with E-state index in [9.17, 15) is 9.59 Å². The maximum atomic E-state index is 12.7. The summed E-state index contributed by atoms with van der Waals surface area (Å²) in [5.74, 6) is -0.285. The summed E-state index contributed by atoms with van der Waals surface area (Å²) in [4.78, 5) is 26.3. The van der Waals surface area contributed by atoms with E-state index in [1.807, 2.05) is 41.8 Å². The lowest BCUT2D eigenvalue weighted by Gasteiger charge is -2.16. The topological polar surface area (TPSA) is 37.4 Å². The van der Waals surface area contributed by atoms with Crippen molar-refractivity contribution >= 4 is 34.8 Å². The van der Waals surface area contributed by atoms with Crippen molar-refractivity contribution in [2.45, 2.75) is 6.92 Å². The van der Waals surface area contributed by atoms with Crippen molar-refractivity contribution in [2.24, 2.45) is 0 Å². The minimum absolute atomic E-state index is 0.118. The lowest BCUT2D eigenvalue weighted by atomic mass is 10.1. The van der Waals surface area contributed by atoms with Crippen molar-refractivity contribution in [3.05, 3.63) is 82.2 Å². The molecule has 1 aliphatic rings. The Balaban J connectivity index is 1.73. The van der Waals surface area contributed by atoms with Crippen LogP contribution in [0, 0.1) is 0 Å². The largest absolute Gasteiger partial charge is 0.287 e. The second-order valence-electron chi connectivity index (χ2n) is 5.86. The number of carbonyl (C=O) groups excluding carboxylic acids is 2. The predicted octanol–water partition coefficient (Wildman–Crippen LogP) is 5.01. The normalized spacial score (nSPS) is 14.8. The molecule has 0 bridgehead atoms. The summed E-state index contributed by atoms with van der Waals surface area (Å²) < 4.78 is 0. The maximum absolute atomic E-state index is 12.7. The molecule has 2 aromatic carbocycles. The Hall–Kier alpha value is -2.98. The molecule has 0 fully saturated rings. The molecule has 0 spiro atoms. The van der Waals surface area contributed by atoms with Gasteiger partial charge in [-0.2, -0.15) is 11.3 Å². The predicted molar refractivity (Wildman–Crippen MR) is 102 cm³/mol. The van der Waals surface area contributed by atoms with E-state index in [0.717, 1.165) is 11.1 Å². The van der Waals surface area contributed by atoms with Crippen LogP contribution in [0.2, 0.25) is 0 Å². The number of para-hydroxylation sites is 1. The molecule has 0 aliphatic carbocycles. The zero-order chi connectivity index (χ0) is 17.4. The van der Waals surface area contributed by atoms with Crippen LogP contribution in [0.3, 0.4) is 0 Å². The second kappa shape index (κ2) is 6.15. The fourth-order valence-corrected chi connectivity index (χ4v) is 3.72. The molecule has 0 saturated carbocycles. The van der Waals surface area contributed by atoms with Crippen LogP contribution < -0.4 is 4.90 Å². The van der Waals surface area contributed by atoms with Crippen molar-refractivity contribution < 1.29 is 9.59 Å². The lowest BCUT2D eigenvalue weighted by molar-refractivity contribution is -0.116. The third-order valence-electron chi connectivity index (χ3n) is 4.25. The molecule has 0 N–H and O–H groups in total. The average molecular weight is 345 g/mol. The van der Waals surface area contributed by atoms with Gasteiger partial charge in [-0.05, 0) is 51.7 Å². The minimum atomic E-state index is -0.167. The first kappa shape index (κ1) is 15.5. The van der Waals surface area contributed by atoms with Crippen molar-refractivity contribution in [3.8, 4) is 11.1 Å². The molecule has 1 aliphatic heterocycles. The van der Waals surface area contributed by atoms with Crippen LogP contribution in [0.4, 0.5) is 5.69 Å². The number of hydrogen-bond acceptors (Lipinski definition) is 3. The summed E-state index contributed by atoms with van der Waals surface area (Å²) in [6.07, 6.45) is 1.78. The Labute approximate surface area is 149 Å². The molecule has 3 nitrogen and oxygen atoms in total. The minimum Gasteiger partial charge on any atom is -0.287 e. The van der Waals surface area contributed by atoms with Gasteiger partial charge in [0.2, 0.25) is 11.7 Å². The van der Waals surface area contributed by atoms with Crippen LogP contribution in [0.25, 0.3) is 17.2 Å². The molecule has 122 valence electrons. The molecule has 0 unspecified atom stereocenters. The van der Waals surface area contributed by atoms with E-state index in [0.29, 0.717) is 16.9 Å². The molecule has 4 rings (SSSR count). The van der Waals surface area contributed by atoms with Crippen LogP contribution in [-0.4, -0.2) is 11.7 Å². The third kappa shape index (κ3) is 2.71. The lowest BCUT2D eigenvalue weighted by Crippen LogP contribution is -2.25. The monoisotopic (exact) mass is 345 g/mol. The Kier molecular flexibility index (Phi) is 3.82. The average Bonchev–Trinajstić information content (AvgIpc) is 3.24. The van der Waals surface area contributed by atoms with E-state index < -0.39 is 0 Å². The van der Waals surface area contributed by atoms with Crippen LogP contribution in [0.1, 0.15) is 22.8 Å². The molecule has 25 heavy (non-hydrogen) atoms. The van der Waals surface area contributed by atoms with Crippen molar-refractivity contribution in [1.82, 2.24) is 0 Å². The summed E-state index contributed by atoms with van der Waals surface area (Å²) in [6, 6.07) is 17.3. The van der Waals surface area contributed by atoms with Gasteiger partial charge < -0.3 is 0 Å². The van der Waals surface area contributed by atoms with Crippen molar-refractivity contribution in [3.63, 3.8) is 0 Å². The third-order valence-corrected chi connectivity index (χ3v) is 4.93. The van der Waals surface area contributed by atoms with Gasteiger partial charge in [-0.3, -0.25) is 14.5 Å². The number of ketones is 1. The standard InChI is InChI=1S/C21H15NO2S/c1-14(23)22-19-5-3-2-4-18(19)21(24)20(22)12-15-6-8-16(9-7-15)17-10-11-25-13-17/h2-13H,1H3/b20-12+. The first-order chi connectivity index (χ1) is 12.1. The first-order valence-electron chi connectivity index (χ1n) is 7.94. The summed E-state index contributed by atoms with van der Waals surface area (Å²) in [5.41, 5.74) is 4.82. The van der Waals surface area contributed by atoms with Gasteiger partial charge in [-0.15, -0.1) is 0 Å². The smallest absolute Gasteiger partial charge is 0.228 e. The highest BCUT2D eigenvalue weighted by Gasteiger charge is 2.34. The van der Waals surface area contributed by atoms with Crippen LogP contribution in [0.15, 0.2) is 71.1 Å². The van der Waals surface area contributed by atoms with E-state index >= 15 is 0 Å². The fourth-order valence-electron chi connectivity index (χ4n) is 3.06. The summed E-state index contributed by atoms with van der Waals surface area (Å²) >= 11 is 1.66. The van der Waals surface area contributed by atoms with Gasteiger partial charge in [0.25, 0.3) is 0 Å². The first-order valence-corrected chi connectivity index (χ1v) is 8.88. The highest BCUT2D eigenvalue weighted by Crippen LogP contribution is 2.35. The van der Waals surface area contributed by atoms with Crippen LogP contribution in [-0.2, 0) is 4.79 Å². The van der Waals surface area contributed by atoms with Crippen LogP contribution >= 0.6 is 11.3 Å². The number of thiophene rings is 1. The van der Waals surface area contributed by atoms with Gasteiger partial charge in [0.05, 0.1) is 11.4 Å². The summed E-state index contributed by atoms with van der Waals surface area (Å²) in [7, 11) is 0. The van der Waals surface area contributed by atoms with E-state index in [-0.39, 0.29) is 11.7 Å². The number of Topliss-reactive ketones (excluding diaryl/α,β-unsaturated/α-hetero) is 1. The Morgan fingerprint density at radius 3 is 2.44 bits per heavy atom. The highest BCUT2D eigenvalue weighted by atomic mass is 32.1. The van der Waals surface area contributed by atoms with E-state index in [2.05, 4.69) is 11.4 Å². The quantitative estimate of drug-likeness (QED) is 0.613. The number of rotatable bonds is 2. The van der Waals surface area contributed by atoms with Gasteiger partial charge in [0.15, 0.2) is 0 Å². The molecular weight excluding hydrogens is 330 g/mol. The SMILES string of the molecule is CC(=O)N1/C(=C/c2ccc(-c3ccsc3)cc2)C(=O)c2ccccc21. The van der Waals surface area contributed by atoms with Crippen molar-refractivity contribution in [2.75, 3.05) is 4.90 Å². The van der Waals surface area contributed by atoms with Crippen LogP contribution in [0.5, 0.6) is 0 Å². The number of benzene rings is 2. The molecule has 4 heteroatoms. The molecule has 3 aromatic rings. The van der Waals surface area contributed by atoms with Gasteiger partial charge in [0.1, 0.15) is 0 Å². The fraction of sp³-hybridized carbons (Fsp3) is 0.0476.